The first-order valence-electron chi connectivity index (χ1n) is 9.16. The van der Waals surface area contributed by atoms with E-state index in [-0.39, 0.29) is 12.1 Å². The van der Waals surface area contributed by atoms with Crippen LogP contribution in [0.25, 0.3) is 16.5 Å². The standard InChI is InChI=1S/C20H17Cl2N5O3S/c1-29-15-4-3-11-10-23-26(19(28)17(11)18(15)30-2)6-5-16-24-25-20(31)27(16)14-8-12(21)7-13(22)9-14/h3-4,7-10H,5-6H2,1-2H3,(H,25,31). The number of ether oxygens (including phenoxy) is 2. The highest BCUT2D eigenvalue weighted by Crippen LogP contribution is 2.32. The Kier molecular flexibility index (Phi) is 5.99. The number of hydrogen-bond donors (Lipinski definition) is 1. The van der Waals surface area contributed by atoms with E-state index in [1.54, 1.807) is 41.1 Å². The first kappa shape index (κ1) is 21.4. The van der Waals surface area contributed by atoms with Crippen LogP contribution in [0.5, 0.6) is 11.5 Å². The number of methoxy groups -OCH3 is 2. The molecule has 4 aromatic rings. The summed E-state index contributed by atoms with van der Waals surface area (Å²) in [4.78, 5) is 13.1. The van der Waals surface area contributed by atoms with E-state index in [9.17, 15) is 4.79 Å². The van der Waals surface area contributed by atoms with Crippen molar-refractivity contribution in [1.29, 1.82) is 0 Å². The largest absolute Gasteiger partial charge is 0.493 e. The average Bonchev–Trinajstić information content (AvgIpc) is 3.12. The van der Waals surface area contributed by atoms with E-state index in [2.05, 4.69) is 15.3 Å². The van der Waals surface area contributed by atoms with E-state index < -0.39 is 0 Å². The number of nitrogens with zero attached hydrogens (tertiary/aromatic N) is 4. The number of fused-ring (bicyclic) bond motifs is 1. The van der Waals surface area contributed by atoms with Crippen molar-refractivity contribution in [2.24, 2.45) is 0 Å². The zero-order chi connectivity index (χ0) is 22.1. The third-order valence-electron chi connectivity index (χ3n) is 4.76. The molecule has 0 amide bonds. The van der Waals surface area contributed by atoms with Gasteiger partial charge in [-0.2, -0.15) is 10.2 Å². The van der Waals surface area contributed by atoms with Gasteiger partial charge in [-0.15, -0.1) is 0 Å². The Hall–Kier alpha value is -2.88. The van der Waals surface area contributed by atoms with Crippen molar-refractivity contribution < 1.29 is 9.47 Å². The van der Waals surface area contributed by atoms with Gasteiger partial charge >= 0.3 is 0 Å². The number of aromatic amines is 1. The normalized spacial score (nSPS) is 11.1. The highest BCUT2D eigenvalue weighted by Gasteiger charge is 2.16. The molecule has 8 nitrogen and oxygen atoms in total. The van der Waals surface area contributed by atoms with E-state index in [1.165, 1.54) is 18.9 Å². The molecule has 0 spiro atoms. The number of halogens is 2. The maximum atomic E-state index is 13.1. The highest BCUT2D eigenvalue weighted by atomic mass is 35.5. The molecule has 0 saturated carbocycles. The monoisotopic (exact) mass is 477 g/mol. The lowest BCUT2D eigenvalue weighted by Crippen LogP contribution is -2.24. The Morgan fingerprint density at radius 3 is 2.55 bits per heavy atom. The van der Waals surface area contributed by atoms with Crippen LogP contribution in [0.15, 0.2) is 41.3 Å². The van der Waals surface area contributed by atoms with E-state index in [0.717, 1.165) is 0 Å². The van der Waals surface area contributed by atoms with Crippen LogP contribution in [-0.4, -0.2) is 38.8 Å². The molecule has 0 aliphatic heterocycles. The summed E-state index contributed by atoms with van der Waals surface area (Å²) in [5.74, 6) is 1.45. The number of aryl methyl sites for hydroxylation is 2. The van der Waals surface area contributed by atoms with Gasteiger partial charge in [0.15, 0.2) is 16.3 Å². The maximum absolute atomic E-state index is 13.1. The molecule has 2 aromatic carbocycles. The fraction of sp³-hybridized carbons (Fsp3) is 0.200. The van der Waals surface area contributed by atoms with Gasteiger partial charge in [0, 0.05) is 21.9 Å². The second-order valence-electron chi connectivity index (χ2n) is 6.60. The van der Waals surface area contributed by atoms with E-state index in [0.29, 0.717) is 55.0 Å². The molecule has 0 unspecified atom stereocenters. The van der Waals surface area contributed by atoms with Crippen LogP contribution >= 0.6 is 35.4 Å². The fourth-order valence-corrected chi connectivity index (χ4v) is 4.15. The minimum atomic E-state index is -0.292. The third kappa shape index (κ3) is 4.04. The smallest absolute Gasteiger partial charge is 0.278 e. The molecule has 160 valence electrons. The van der Waals surface area contributed by atoms with Crippen molar-refractivity contribution in [2.75, 3.05) is 14.2 Å². The Labute approximate surface area is 191 Å². The summed E-state index contributed by atoms with van der Waals surface area (Å²) in [6, 6.07) is 8.61. The Morgan fingerprint density at radius 1 is 1.13 bits per heavy atom. The topological polar surface area (TPSA) is 87.0 Å². The highest BCUT2D eigenvalue weighted by molar-refractivity contribution is 7.71. The zero-order valence-electron chi connectivity index (χ0n) is 16.6. The number of rotatable bonds is 6. The van der Waals surface area contributed by atoms with E-state index in [4.69, 9.17) is 44.9 Å². The maximum Gasteiger partial charge on any atom is 0.278 e. The molecular weight excluding hydrogens is 461 g/mol. The lowest BCUT2D eigenvalue weighted by atomic mass is 10.1. The van der Waals surface area contributed by atoms with Crippen LogP contribution < -0.4 is 15.0 Å². The number of benzene rings is 2. The molecule has 2 heterocycles. The fourth-order valence-electron chi connectivity index (χ4n) is 3.38. The Bertz CT molecular complexity index is 1380. The predicted octanol–water partition coefficient (Wildman–Crippen LogP) is 4.21. The first-order chi connectivity index (χ1) is 14.9. The van der Waals surface area contributed by atoms with Crippen molar-refractivity contribution >= 4 is 46.2 Å². The summed E-state index contributed by atoms with van der Waals surface area (Å²) in [6.07, 6.45) is 1.99. The molecule has 0 fully saturated rings. The van der Waals surface area contributed by atoms with Gasteiger partial charge in [-0.25, -0.2) is 4.68 Å². The van der Waals surface area contributed by atoms with Crippen LogP contribution in [0.3, 0.4) is 0 Å². The molecule has 0 saturated heterocycles. The Morgan fingerprint density at radius 2 is 1.87 bits per heavy atom. The molecular formula is C20H17Cl2N5O3S. The summed E-state index contributed by atoms with van der Waals surface area (Å²) in [6.45, 7) is 0.267. The van der Waals surface area contributed by atoms with Gasteiger partial charge in [0.2, 0.25) is 0 Å². The molecule has 4 rings (SSSR count). The van der Waals surface area contributed by atoms with Crippen molar-refractivity contribution in [2.45, 2.75) is 13.0 Å². The third-order valence-corrected chi connectivity index (χ3v) is 5.47. The second kappa shape index (κ2) is 8.70. The van der Waals surface area contributed by atoms with E-state index in [1.807, 2.05) is 0 Å². The molecule has 2 aromatic heterocycles. The van der Waals surface area contributed by atoms with Crippen molar-refractivity contribution in [3.05, 3.63) is 67.5 Å². The number of H-pyrrole nitrogens is 1. The van der Waals surface area contributed by atoms with Crippen LogP contribution in [0.1, 0.15) is 5.82 Å². The van der Waals surface area contributed by atoms with Crippen LogP contribution in [-0.2, 0) is 13.0 Å². The quantitative estimate of drug-likeness (QED) is 0.418. The lowest BCUT2D eigenvalue weighted by molar-refractivity contribution is 0.358. The SMILES string of the molecule is COc1ccc2cnn(CCc3n[nH]c(=S)n3-c3cc(Cl)cc(Cl)c3)c(=O)c2c1OC. The molecule has 0 aliphatic carbocycles. The summed E-state index contributed by atoms with van der Waals surface area (Å²) in [5, 5.41) is 13.4. The van der Waals surface area contributed by atoms with Gasteiger partial charge in [-0.1, -0.05) is 23.2 Å². The molecule has 0 bridgehead atoms. The zero-order valence-corrected chi connectivity index (χ0v) is 18.9. The molecule has 1 N–H and O–H groups in total. The molecule has 11 heteroatoms. The average molecular weight is 478 g/mol. The van der Waals surface area contributed by atoms with Gasteiger partial charge in [-0.05, 0) is 42.5 Å². The summed E-state index contributed by atoms with van der Waals surface area (Å²) < 4.78 is 14.2. The second-order valence-corrected chi connectivity index (χ2v) is 7.86. The van der Waals surface area contributed by atoms with Crippen LogP contribution in [0, 0.1) is 4.77 Å². The molecule has 0 radical (unpaired) electrons. The van der Waals surface area contributed by atoms with Gasteiger partial charge in [0.25, 0.3) is 5.56 Å². The van der Waals surface area contributed by atoms with Gasteiger partial charge in [0.05, 0.1) is 38.0 Å². The van der Waals surface area contributed by atoms with E-state index >= 15 is 0 Å². The van der Waals surface area contributed by atoms with Crippen molar-refractivity contribution in [1.82, 2.24) is 24.5 Å². The van der Waals surface area contributed by atoms with Gasteiger partial charge < -0.3 is 9.47 Å². The minimum Gasteiger partial charge on any atom is -0.493 e. The van der Waals surface area contributed by atoms with Gasteiger partial charge in [-0.3, -0.25) is 14.5 Å². The molecule has 0 atom stereocenters. The number of nitrogens with one attached hydrogen (secondary N) is 1. The molecule has 0 aliphatic rings. The van der Waals surface area contributed by atoms with Crippen molar-refractivity contribution in [3.8, 4) is 17.2 Å². The van der Waals surface area contributed by atoms with Crippen LogP contribution in [0.2, 0.25) is 10.0 Å². The first-order valence-corrected chi connectivity index (χ1v) is 10.3. The minimum absolute atomic E-state index is 0.267. The lowest BCUT2D eigenvalue weighted by Gasteiger charge is -2.12. The summed E-state index contributed by atoms with van der Waals surface area (Å²) >= 11 is 17.6. The Balaban J connectivity index is 1.72. The van der Waals surface area contributed by atoms with Gasteiger partial charge in [0.1, 0.15) is 5.82 Å². The van der Waals surface area contributed by atoms with Crippen LogP contribution in [0.4, 0.5) is 0 Å². The number of aromatic nitrogens is 5. The predicted molar refractivity (Wildman–Crippen MR) is 122 cm³/mol. The molecule has 31 heavy (non-hydrogen) atoms. The number of hydrogen-bond acceptors (Lipinski definition) is 6. The summed E-state index contributed by atoms with van der Waals surface area (Å²) in [7, 11) is 3.02. The van der Waals surface area contributed by atoms with Crippen molar-refractivity contribution in [3.63, 3.8) is 0 Å². The summed E-state index contributed by atoms with van der Waals surface area (Å²) in [5.41, 5.74) is 0.385.